The Kier molecular flexibility index (Phi) is 14.2. The molecule has 39 heavy (non-hydrogen) atoms. The highest BCUT2D eigenvalue weighted by atomic mass is 16.5. The van der Waals surface area contributed by atoms with Gasteiger partial charge in [0.05, 0.1) is 33.0 Å². The maximum absolute atomic E-state index is 13.5. The molecule has 0 aliphatic rings. The van der Waals surface area contributed by atoms with E-state index in [1.165, 1.54) is 32.4 Å². The second kappa shape index (κ2) is 17.1. The van der Waals surface area contributed by atoms with Gasteiger partial charge in [0.15, 0.2) is 23.1 Å². The van der Waals surface area contributed by atoms with Gasteiger partial charge in [-0.2, -0.15) is 0 Å². The normalized spacial score (nSPS) is 12.0. The van der Waals surface area contributed by atoms with Crippen molar-refractivity contribution in [2.45, 2.75) is 27.2 Å². The highest BCUT2D eigenvalue weighted by Gasteiger charge is 2.24. The summed E-state index contributed by atoms with van der Waals surface area (Å²) >= 11 is 0. The van der Waals surface area contributed by atoms with Crippen LogP contribution in [0.1, 0.15) is 43.1 Å². The van der Waals surface area contributed by atoms with Crippen LogP contribution in [-0.4, -0.2) is 49.2 Å². The van der Waals surface area contributed by atoms with E-state index in [0.29, 0.717) is 29.1 Å². The van der Waals surface area contributed by atoms with Crippen LogP contribution in [0.2, 0.25) is 0 Å². The third kappa shape index (κ3) is 9.69. The number of phenols is 1. The van der Waals surface area contributed by atoms with Gasteiger partial charge in [0, 0.05) is 23.1 Å². The van der Waals surface area contributed by atoms with Crippen LogP contribution in [-0.2, 0) is 19.0 Å². The molecule has 7 heteroatoms. The van der Waals surface area contributed by atoms with Crippen molar-refractivity contribution >= 4 is 17.6 Å². The Morgan fingerprint density at radius 1 is 1.05 bits per heavy atom. The molecule has 0 spiro atoms. The predicted molar refractivity (Wildman–Crippen MR) is 153 cm³/mol. The molecule has 206 valence electrons. The Labute approximate surface area is 230 Å². The molecule has 0 saturated carbocycles. The number of aromatic hydroxyl groups is 1. The fraction of sp³-hybridized carbons (Fsp3) is 0.250. The van der Waals surface area contributed by atoms with Crippen LogP contribution in [0.3, 0.4) is 0 Å². The van der Waals surface area contributed by atoms with E-state index < -0.39 is 18.2 Å². The Morgan fingerprint density at radius 3 is 2.21 bits per heavy atom. The third-order valence-electron chi connectivity index (χ3n) is 5.32. The van der Waals surface area contributed by atoms with Crippen molar-refractivity contribution in [3.63, 3.8) is 0 Å². The Morgan fingerprint density at radius 2 is 1.69 bits per heavy atom. The molecule has 0 aliphatic heterocycles. The molecular weight excluding hydrogens is 496 g/mol. The van der Waals surface area contributed by atoms with E-state index in [4.69, 9.17) is 14.2 Å². The zero-order valence-electron chi connectivity index (χ0n) is 23.1. The van der Waals surface area contributed by atoms with Crippen LogP contribution in [0.25, 0.3) is 6.08 Å². The van der Waals surface area contributed by atoms with Crippen LogP contribution >= 0.6 is 0 Å². The van der Waals surface area contributed by atoms with E-state index in [9.17, 15) is 19.8 Å². The molecule has 0 fully saturated rings. The standard InChI is InChI=1S/C29H32O7.C3H4/c1-6-36-28(20(3)34-4)19(2)29(35-5)23(18-30)17-26(32)25(16-21-11-10-14-24(31)15-21)27(33)22-12-8-7-9-13-22;1-3-2/h7-16,30-31H,3,6,17-18H2,1-2,4-5H3;1H,2H3/b25-16-,28-19+,29-23+;. The van der Waals surface area contributed by atoms with E-state index >= 15 is 0 Å². The molecule has 0 saturated heterocycles. The van der Waals surface area contributed by atoms with E-state index in [1.807, 2.05) is 0 Å². The topological polar surface area (TPSA) is 102 Å². The SMILES string of the molecule is C#CC.C=C(OC)/C(OCC)=C(C)\C(OC)=C(/CO)CC(=O)/C(=C/c1cccc(O)c1)C(=O)c1ccccc1. The average molecular weight is 533 g/mol. The minimum Gasteiger partial charge on any atom is -0.508 e. The first-order chi connectivity index (χ1) is 18.7. The summed E-state index contributed by atoms with van der Waals surface area (Å²) in [4.78, 5) is 26.8. The number of aliphatic hydroxyl groups is 1. The molecule has 0 unspecified atom stereocenters. The number of rotatable bonds is 13. The second-order valence-electron chi connectivity index (χ2n) is 8.05. The largest absolute Gasteiger partial charge is 0.508 e. The Bertz CT molecular complexity index is 1280. The van der Waals surface area contributed by atoms with E-state index in [0.717, 1.165) is 0 Å². The van der Waals surface area contributed by atoms with Gasteiger partial charge in [0.25, 0.3) is 0 Å². The number of hydrogen-bond donors (Lipinski definition) is 2. The number of carbonyl (C=O) groups is 2. The first kappa shape index (κ1) is 32.5. The van der Waals surface area contributed by atoms with Gasteiger partial charge < -0.3 is 24.4 Å². The molecule has 2 aromatic carbocycles. The van der Waals surface area contributed by atoms with Crippen LogP contribution in [0, 0.1) is 12.3 Å². The summed E-state index contributed by atoms with van der Waals surface area (Å²) in [6.07, 6.45) is 5.74. The number of phenolic OH excluding ortho intramolecular Hbond substituents is 1. The molecule has 0 aromatic heterocycles. The zero-order chi connectivity index (χ0) is 29.4. The summed E-state index contributed by atoms with van der Waals surface area (Å²) < 4.78 is 16.4. The second-order valence-corrected chi connectivity index (χ2v) is 8.05. The number of ether oxygens (including phenoxy) is 3. The van der Waals surface area contributed by atoms with Crippen LogP contribution < -0.4 is 0 Å². The molecule has 2 N–H and O–H groups in total. The minimum absolute atomic E-state index is 0.00269. The molecule has 0 radical (unpaired) electrons. The van der Waals surface area contributed by atoms with Gasteiger partial charge in [0.1, 0.15) is 11.5 Å². The predicted octanol–water partition coefficient (Wildman–Crippen LogP) is 5.62. The molecule has 0 atom stereocenters. The van der Waals surface area contributed by atoms with Crippen molar-refractivity contribution in [1.29, 1.82) is 0 Å². The Balaban J connectivity index is 0.00000242. The van der Waals surface area contributed by atoms with Gasteiger partial charge in [-0.1, -0.05) is 49.0 Å². The summed E-state index contributed by atoms with van der Waals surface area (Å²) in [5.41, 5.74) is 1.46. The quantitative estimate of drug-likeness (QED) is 0.0656. The van der Waals surface area contributed by atoms with Crippen molar-refractivity contribution in [1.82, 2.24) is 0 Å². The summed E-state index contributed by atoms with van der Waals surface area (Å²) in [5.74, 6) is 2.07. The van der Waals surface area contributed by atoms with Crippen molar-refractivity contribution in [2.24, 2.45) is 0 Å². The van der Waals surface area contributed by atoms with Gasteiger partial charge in [-0.3, -0.25) is 9.59 Å². The molecule has 0 aliphatic carbocycles. The number of benzene rings is 2. The van der Waals surface area contributed by atoms with Crippen molar-refractivity contribution in [3.05, 3.63) is 106 Å². The molecule has 0 amide bonds. The molecule has 7 nitrogen and oxygen atoms in total. The van der Waals surface area contributed by atoms with E-state index in [1.54, 1.807) is 63.2 Å². The van der Waals surface area contributed by atoms with Crippen molar-refractivity contribution in [2.75, 3.05) is 27.4 Å². The molecule has 0 bridgehead atoms. The van der Waals surface area contributed by atoms with Gasteiger partial charge in [-0.15, -0.1) is 12.3 Å². The number of aliphatic hydroxyl groups excluding tert-OH is 1. The monoisotopic (exact) mass is 532 g/mol. The summed E-state index contributed by atoms with van der Waals surface area (Å²) in [6.45, 7) is 8.82. The number of hydrogen-bond acceptors (Lipinski definition) is 7. The smallest absolute Gasteiger partial charge is 0.196 e. The summed E-state index contributed by atoms with van der Waals surface area (Å²) in [5, 5.41) is 20.0. The van der Waals surface area contributed by atoms with Crippen molar-refractivity contribution in [3.8, 4) is 18.1 Å². The fourth-order valence-electron chi connectivity index (χ4n) is 3.60. The highest BCUT2D eigenvalue weighted by Crippen LogP contribution is 2.27. The molecule has 2 aromatic rings. The lowest BCUT2D eigenvalue weighted by Crippen LogP contribution is -2.16. The lowest BCUT2D eigenvalue weighted by atomic mass is 9.93. The first-order valence-corrected chi connectivity index (χ1v) is 12.1. The lowest BCUT2D eigenvalue weighted by Gasteiger charge is -2.18. The molecule has 2 rings (SSSR count). The van der Waals surface area contributed by atoms with Gasteiger partial charge in [0.2, 0.25) is 0 Å². The van der Waals surface area contributed by atoms with Crippen LogP contribution in [0.4, 0.5) is 0 Å². The number of methoxy groups -OCH3 is 2. The van der Waals surface area contributed by atoms with Crippen LogP contribution in [0.5, 0.6) is 5.75 Å². The number of ketones is 2. The van der Waals surface area contributed by atoms with E-state index in [-0.39, 0.29) is 34.8 Å². The lowest BCUT2D eigenvalue weighted by molar-refractivity contribution is -0.114. The van der Waals surface area contributed by atoms with Crippen LogP contribution in [0.15, 0.2) is 95.2 Å². The third-order valence-corrected chi connectivity index (χ3v) is 5.32. The van der Waals surface area contributed by atoms with E-state index in [2.05, 4.69) is 18.9 Å². The fourth-order valence-corrected chi connectivity index (χ4v) is 3.60. The summed E-state index contributed by atoms with van der Waals surface area (Å²) in [6, 6.07) is 14.7. The minimum atomic E-state index is -0.526. The molecular formula is C32H36O7. The maximum atomic E-state index is 13.5. The number of allylic oxidation sites excluding steroid dienone is 2. The van der Waals surface area contributed by atoms with Gasteiger partial charge >= 0.3 is 0 Å². The van der Waals surface area contributed by atoms with Gasteiger partial charge in [-0.25, -0.2) is 0 Å². The zero-order valence-corrected chi connectivity index (χ0v) is 23.1. The highest BCUT2D eigenvalue weighted by molar-refractivity contribution is 6.29. The Hall–Kier alpha value is -4.54. The number of carbonyl (C=O) groups excluding carboxylic acids is 2. The van der Waals surface area contributed by atoms with Gasteiger partial charge in [-0.05, 0) is 44.5 Å². The number of terminal acetylenes is 1. The van der Waals surface area contributed by atoms with Crippen molar-refractivity contribution < 1.29 is 34.0 Å². The molecule has 0 heterocycles. The maximum Gasteiger partial charge on any atom is 0.196 e. The number of Topliss-reactive ketones (excluding diaryl/α,β-unsaturated/α-hetero) is 2. The average Bonchev–Trinajstić information content (AvgIpc) is 2.94. The first-order valence-electron chi connectivity index (χ1n) is 12.1. The summed E-state index contributed by atoms with van der Waals surface area (Å²) in [7, 11) is 2.87.